The molecule has 1 rings (SSSR count). The summed E-state index contributed by atoms with van der Waals surface area (Å²) in [5.41, 5.74) is 0. The van der Waals surface area contributed by atoms with Crippen molar-refractivity contribution in [3.63, 3.8) is 0 Å². The van der Waals surface area contributed by atoms with E-state index in [2.05, 4.69) is 24.9 Å². The topological polar surface area (TPSA) is 21.3 Å². The Morgan fingerprint density at radius 1 is 1.17 bits per heavy atom. The van der Waals surface area contributed by atoms with Crippen LogP contribution < -0.4 is 5.32 Å². The third kappa shape index (κ3) is 7.01. The molecule has 0 radical (unpaired) electrons. The van der Waals surface area contributed by atoms with E-state index in [9.17, 15) is 0 Å². The molecule has 0 aromatic rings. The summed E-state index contributed by atoms with van der Waals surface area (Å²) in [6.07, 6.45) is 11.2. The van der Waals surface area contributed by atoms with Gasteiger partial charge in [0.2, 0.25) is 0 Å². The zero-order chi connectivity index (χ0) is 13.1. The van der Waals surface area contributed by atoms with Crippen LogP contribution in [0.1, 0.15) is 58.3 Å². The van der Waals surface area contributed by atoms with Crippen molar-refractivity contribution in [3.8, 4) is 0 Å². The molecule has 0 bridgehead atoms. The van der Waals surface area contributed by atoms with E-state index in [0.29, 0.717) is 6.10 Å². The third-order valence-electron chi connectivity index (χ3n) is 3.95. The maximum atomic E-state index is 6.09. The fourth-order valence-electron chi connectivity index (χ4n) is 2.88. The molecule has 0 aromatic heterocycles. The summed E-state index contributed by atoms with van der Waals surface area (Å²) in [4.78, 5) is 0. The molecule has 2 nitrogen and oxygen atoms in total. The van der Waals surface area contributed by atoms with Crippen molar-refractivity contribution >= 4 is 12.6 Å². The van der Waals surface area contributed by atoms with E-state index in [1.807, 2.05) is 0 Å². The summed E-state index contributed by atoms with van der Waals surface area (Å²) < 4.78 is 6.09. The predicted octanol–water partition coefficient (Wildman–Crippen LogP) is 3.66. The average Bonchev–Trinajstić information content (AvgIpc) is 2.43. The van der Waals surface area contributed by atoms with Gasteiger partial charge in [0.25, 0.3) is 0 Å². The van der Waals surface area contributed by atoms with Gasteiger partial charge >= 0.3 is 0 Å². The van der Waals surface area contributed by atoms with E-state index in [-0.39, 0.29) is 0 Å². The Labute approximate surface area is 119 Å². The van der Waals surface area contributed by atoms with Crippen LogP contribution in [0, 0.1) is 5.92 Å². The highest BCUT2D eigenvalue weighted by atomic mass is 32.1. The van der Waals surface area contributed by atoms with Crippen LogP contribution in [-0.2, 0) is 4.74 Å². The van der Waals surface area contributed by atoms with Gasteiger partial charge in [-0.05, 0) is 44.6 Å². The maximum Gasteiger partial charge on any atom is 0.0600 e. The van der Waals surface area contributed by atoms with E-state index in [1.165, 1.54) is 51.4 Å². The lowest BCUT2D eigenvalue weighted by Gasteiger charge is -2.29. The molecule has 0 spiro atoms. The highest BCUT2D eigenvalue weighted by Crippen LogP contribution is 2.29. The minimum atomic E-state index is 0.524. The molecule has 1 N–H and O–H groups in total. The smallest absolute Gasteiger partial charge is 0.0600 e. The lowest BCUT2D eigenvalue weighted by atomic mass is 9.84. The van der Waals surface area contributed by atoms with Crippen LogP contribution in [0.4, 0.5) is 0 Å². The fourth-order valence-corrected chi connectivity index (χ4v) is 3.04. The van der Waals surface area contributed by atoms with Gasteiger partial charge in [0.15, 0.2) is 0 Å². The Balaban J connectivity index is 2.00. The van der Waals surface area contributed by atoms with E-state index in [1.54, 1.807) is 0 Å². The Morgan fingerprint density at radius 3 is 2.61 bits per heavy atom. The number of nitrogens with one attached hydrogen (secondary N) is 1. The molecule has 0 saturated heterocycles. The van der Waals surface area contributed by atoms with Gasteiger partial charge in [-0.25, -0.2) is 0 Å². The summed E-state index contributed by atoms with van der Waals surface area (Å²) >= 11 is 4.17. The molecular weight excluding hydrogens is 242 g/mol. The number of ether oxygens (including phenoxy) is 1. The van der Waals surface area contributed by atoms with Crippen LogP contribution in [0.2, 0.25) is 0 Å². The molecule has 0 heterocycles. The van der Waals surface area contributed by atoms with E-state index in [0.717, 1.165) is 31.4 Å². The standard InChI is InChI=1S/C15H31NOS/c1-2-15(14-8-4-3-5-9-14)17-12-7-6-10-16-11-13-18/h14-16,18H,2-13H2,1H3. The van der Waals surface area contributed by atoms with Crippen LogP contribution in [0.3, 0.4) is 0 Å². The molecule has 0 amide bonds. The molecule has 1 aliphatic carbocycles. The van der Waals surface area contributed by atoms with Crippen molar-refractivity contribution in [1.82, 2.24) is 5.32 Å². The molecule has 1 aliphatic rings. The van der Waals surface area contributed by atoms with Crippen LogP contribution in [-0.4, -0.2) is 31.6 Å². The first kappa shape index (κ1) is 16.3. The molecule has 3 heteroatoms. The molecule has 1 fully saturated rings. The van der Waals surface area contributed by atoms with Gasteiger partial charge < -0.3 is 10.1 Å². The van der Waals surface area contributed by atoms with Gasteiger partial charge in [-0.3, -0.25) is 0 Å². The number of hydrogen-bond donors (Lipinski definition) is 2. The molecule has 1 atom stereocenters. The molecule has 0 aliphatic heterocycles. The fraction of sp³-hybridized carbons (Fsp3) is 1.00. The number of rotatable bonds is 10. The van der Waals surface area contributed by atoms with Crippen LogP contribution in [0.25, 0.3) is 0 Å². The minimum Gasteiger partial charge on any atom is -0.378 e. The van der Waals surface area contributed by atoms with Crippen molar-refractivity contribution in [2.24, 2.45) is 5.92 Å². The molecule has 18 heavy (non-hydrogen) atoms. The van der Waals surface area contributed by atoms with E-state index < -0.39 is 0 Å². The molecule has 1 saturated carbocycles. The second-order valence-corrected chi connectivity index (χ2v) is 5.84. The van der Waals surface area contributed by atoms with Crippen molar-refractivity contribution in [1.29, 1.82) is 0 Å². The predicted molar refractivity (Wildman–Crippen MR) is 82.6 cm³/mol. The normalized spacial score (nSPS) is 19.0. The highest BCUT2D eigenvalue weighted by molar-refractivity contribution is 7.80. The Morgan fingerprint density at radius 2 is 1.94 bits per heavy atom. The van der Waals surface area contributed by atoms with Gasteiger partial charge in [-0.15, -0.1) is 0 Å². The van der Waals surface area contributed by atoms with Crippen molar-refractivity contribution in [2.75, 3.05) is 25.4 Å². The lowest BCUT2D eigenvalue weighted by molar-refractivity contribution is -0.00329. The molecule has 1 unspecified atom stereocenters. The monoisotopic (exact) mass is 273 g/mol. The van der Waals surface area contributed by atoms with Crippen molar-refractivity contribution < 1.29 is 4.74 Å². The first-order valence-corrected chi connectivity index (χ1v) is 8.45. The summed E-state index contributed by atoms with van der Waals surface area (Å²) in [5.74, 6) is 1.77. The summed E-state index contributed by atoms with van der Waals surface area (Å²) in [7, 11) is 0. The molecule has 0 aromatic carbocycles. The first-order valence-electron chi connectivity index (χ1n) is 7.81. The van der Waals surface area contributed by atoms with Crippen LogP contribution in [0.15, 0.2) is 0 Å². The summed E-state index contributed by atoms with van der Waals surface area (Å²) in [6.45, 7) is 5.33. The second-order valence-electron chi connectivity index (χ2n) is 5.40. The Kier molecular flexibility index (Phi) is 10.1. The van der Waals surface area contributed by atoms with E-state index >= 15 is 0 Å². The largest absolute Gasteiger partial charge is 0.378 e. The summed E-state index contributed by atoms with van der Waals surface area (Å²) in [5, 5.41) is 3.37. The zero-order valence-corrected chi connectivity index (χ0v) is 12.9. The van der Waals surface area contributed by atoms with E-state index in [4.69, 9.17) is 4.74 Å². The highest BCUT2D eigenvalue weighted by Gasteiger charge is 2.22. The quantitative estimate of drug-likeness (QED) is 0.468. The number of thiol groups is 1. The SMILES string of the molecule is CCC(OCCCCNCCS)C1CCCCC1. The minimum absolute atomic E-state index is 0.524. The number of hydrogen-bond acceptors (Lipinski definition) is 3. The van der Waals surface area contributed by atoms with Crippen LogP contribution >= 0.6 is 12.6 Å². The maximum absolute atomic E-state index is 6.09. The molecule has 108 valence electrons. The number of unbranched alkanes of at least 4 members (excludes halogenated alkanes) is 1. The van der Waals surface area contributed by atoms with Crippen molar-refractivity contribution in [2.45, 2.75) is 64.4 Å². The Hall–Kier alpha value is 0.270. The van der Waals surface area contributed by atoms with Gasteiger partial charge in [0.05, 0.1) is 6.10 Å². The summed E-state index contributed by atoms with van der Waals surface area (Å²) in [6, 6.07) is 0. The van der Waals surface area contributed by atoms with Gasteiger partial charge in [-0.1, -0.05) is 26.2 Å². The van der Waals surface area contributed by atoms with Gasteiger partial charge in [-0.2, -0.15) is 12.6 Å². The lowest BCUT2D eigenvalue weighted by Crippen LogP contribution is -2.26. The average molecular weight is 273 g/mol. The third-order valence-corrected chi connectivity index (χ3v) is 4.17. The first-order chi connectivity index (χ1) is 8.88. The Bertz CT molecular complexity index is 183. The van der Waals surface area contributed by atoms with Crippen LogP contribution in [0.5, 0.6) is 0 Å². The van der Waals surface area contributed by atoms with Gasteiger partial charge in [0, 0.05) is 18.9 Å². The molecular formula is C15H31NOS. The van der Waals surface area contributed by atoms with Crippen molar-refractivity contribution in [3.05, 3.63) is 0 Å². The second kappa shape index (κ2) is 11.1. The van der Waals surface area contributed by atoms with Gasteiger partial charge in [0.1, 0.15) is 0 Å². The zero-order valence-electron chi connectivity index (χ0n) is 12.0.